The number of hydrogen-bond acceptors (Lipinski definition) is 2. The molecule has 0 aromatic heterocycles. The standard InChI is InChI=1S/C13H12BrNO2S/c1-10-7-8-11(9-13(10)14)15-18(16,17)12-5-3-2-4-6-12/h2-9,15H,1H3. The summed E-state index contributed by atoms with van der Waals surface area (Å²) in [6, 6.07) is 13.6. The highest BCUT2D eigenvalue weighted by molar-refractivity contribution is 9.10. The fraction of sp³-hybridized carbons (Fsp3) is 0.0769. The summed E-state index contributed by atoms with van der Waals surface area (Å²) in [5.74, 6) is 0. The fourth-order valence-electron chi connectivity index (χ4n) is 1.47. The maximum Gasteiger partial charge on any atom is 0.261 e. The Hall–Kier alpha value is -1.33. The van der Waals surface area contributed by atoms with Gasteiger partial charge in [-0.3, -0.25) is 4.72 Å². The van der Waals surface area contributed by atoms with Gasteiger partial charge in [-0.1, -0.05) is 40.2 Å². The van der Waals surface area contributed by atoms with Crippen LogP contribution in [0.25, 0.3) is 0 Å². The van der Waals surface area contributed by atoms with Crippen LogP contribution in [0.3, 0.4) is 0 Å². The lowest BCUT2D eigenvalue weighted by molar-refractivity contribution is 0.601. The van der Waals surface area contributed by atoms with Crippen molar-refractivity contribution in [2.24, 2.45) is 0 Å². The van der Waals surface area contributed by atoms with Crippen molar-refractivity contribution in [3.63, 3.8) is 0 Å². The SMILES string of the molecule is Cc1ccc(NS(=O)(=O)c2ccccc2)cc1Br. The highest BCUT2D eigenvalue weighted by atomic mass is 79.9. The Kier molecular flexibility index (Phi) is 3.73. The molecule has 0 heterocycles. The number of hydrogen-bond donors (Lipinski definition) is 1. The minimum absolute atomic E-state index is 0.252. The zero-order valence-corrected chi connectivity index (χ0v) is 12.1. The molecule has 0 fully saturated rings. The molecular formula is C13H12BrNO2S. The first-order chi connectivity index (χ1) is 8.49. The van der Waals surface area contributed by atoms with E-state index in [2.05, 4.69) is 20.7 Å². The predicted molar refractivity (Wildman–Crippen MR) is 76.1 cm³/mol. The number of nitrogens with one attached hydrogen (secondary N) is 1. The predicted octanol–water partition coefficient (Wildman–Crippen LogP) is 3.56. The van der Waals surface area contributed by atoms with E-state index in [1.807, 2.05) is 13.0 Å². The quantitative estimate of drug-likeness (QED) is 0.937. The molecule has 5 heteroatoms. The summed E-state index contributed by atoms with van der Waals surface area (Å²) in [5.41, 5.74) is 1.59. The minimum atomic E-state index is -3.51. The molecule has 0 saturated carbocycles. The van der Waals surface area contributed by atoms with Crippen molar-refractivity contribution in [1.82, 2.24) is 0 Å². The molecule has 2 aromatic carbocycles. The van der Waals surface area contributed by atoms with Crippen LogP contribution in [-0.4, -0.2) is 8.42 Å². The minimum Gasteiger partial charge on any atom is -0.280 e. The van der Waals surface area contributed by atoms with Crippen LogP contribution in [0.2, 0.25) is 0 Å². The summed E-state index contributed by atoms with van der Waals surface area (Å²) in [4.78, 5) is 0.252. The van der Waals surface area contributed by atoms with Crippen LogP contribution in [-0.2, 0) is 10.0 Å². The van der Waals surface area contributed by atoms with Gasteiger partial charge in [-0.2, -0.15) is 0 Å². The monoisotopic (exact) mass is 325 g/mol. The molecule has 3 nitrogen and oxygen atoms in total. The Morgan fingerprint density at radius 3 is 2.33 bits per heavy atom. The van der Waals surface area contributed by atoms with E-state index in [4.69, 9.17) is 0 Å². The Morgan fingerprint density at radius 2 is 1.72 bits per heavy atom. The molecule has 0 aliphatic rings. The first-order valence-corrected chi connectivity index (χ1v) is 7.61. The third-order valence-electron chi connectivity index (χ3n) is 2.48. The van der Waals surface area contributed by atoms with Gasteiger partial charge < -0.3 is 0 Å². The van der Waals surface area contributed by atoms with E-state index in [0.29, 0.717) is 5.69 Å². The highest BCUT2D eigenvalue weighted by Crippen LogP contribution is 2.22. The molecule has 94 valence electrons. The number of halogens is 1. The van der Waals surface area contributed by atoms with E-state index in [1.54, 1.807) is 42.5 Å². The molecule has 18 heavy (non-hydrogen) atoms. The van der Waals surface area contributed by atoms with E-state index in [1.165, 1.54) is 0 Å². The van der Waals surface area contributed by atoms with Crippen molar-refractivity contribution >= 4 is 31.6 Å². The molecule has 0 saturated heterocycles. The molecule has 0 aliphatic carbocycles. The normalized spacial score (nSPS) is 11.2. The van der Waals surface area contributed by atoms with Crippen molar-refractivity contribution in [3.05, 3.63) is 58.6 Å². The molecule has 2 aromatic rings. The molecule has 0 amide bonds. The van der Waals surface area contributed by atoms with E-state index in [0.717, 1.165) is 10.0 Å². The van der Waals surface area contributed by atoms with Crippen LogP contribution in [0, 0.1) is 6.92 Å². The van der Waals surface area contributed by atoms with Gasteiger partial charge in [0.25, 0.3) is 10.0 Å². The molecule has 0 spiro atoms. The van der Waals surface area contributed by atoms with Gasteiger partial charge in [0.05, 0.1) is 4.90 Å². The van der Waals surface area contributed by atoms with Gasteiger partial charge in [0.1, 0.15) is 0 Å². The molecule has 0 unspecified atom stereocenters. The Balaban J connectivity index is 2.31. The zero-order valence-electron chi connectivity index (χ0n) is 9.72. The molecule has 0 aliphatic heterocycles. The highest BCUT2D eigenvalue weighted by Gasteiger charge is 2.13. The Morgan fingerprint density at radius 1 is 1.06 bits per heavy atom. The lowest BCUT2D eigenvalue weighted by atomic mass is 10.2. The Bertz CT molecular complexity index is 654. The van der Waals surface area contributed by atoms with Crippen LogP contribution >= 0.6 is 15.9 Å². The first kappa shape index (κ1) is 13.1. The second-order valence-electron chi connectivity index (χ2n) is 3.88. The van der Waals surface area contributed by atoms with Gasteiger partial charge in [-0.25, -0.2) is 8.42 Å². The number of aryl methyl sites for hydroxylation is 1. The van der Waals surface area contributed by atoms with Crippen molar-refractivity contribution < 1.29 is 8.42 Å². The number of rotatable bonds is 3. The third-order valence-corrected chi connectivity index (χ3v) is 4.73. The van der Waals surface area contributed by atoms with Gasteiger partial charge in [-0.05, 0) is 36.8 Å². The van der Waals surface area contributed by atoms with E-state index < -0.39 is 10.0 Å². The van der Waals surface area contributed by atoms with E-state index >= 15 is 0 Å². The third kappa shape index (κ3) is 2.91. The summed E-state index contributed by atoms with van der Waals surface area (Å²) in [6.45, 7) is 1.94. The number of benzene rings is 2. The average Bonchev–Trinajstić information content (AvgIpc) is 2.35. The van der Waals surface area contributed by atoms with Crippen molar-refractivity contribution in [2.75, 3.05) is 4.72 Å². The zero-order chi connectivity index (χ0) is 13.2. The first-order valence-electron chi connectivity index (χ1n) is 5.33. The maximum absolute atomic E-state index is 12.1. The summed E-state index contributed by atoms with van der Waals surface area (Å²) in [6.07, 6.45) is 0. The lowest BCUT2D eigenvalue weighted by Gasteiger charge is -2.09. The second-order valence-corrected chi connectivity index (χ2v) is 6.42. The van der Waals surface area contributed by atoms with Crippen LogP contribution in [0.15, 0.2) is 57.9 Å². The second kappa shape index (κ2) is 5.12. The van der Waals surface area contributed by atoms with Gasteiger partial charge in [-0.15, -0.1) is 0 Å². The van der Waals surface area contributed by atoms with Gasteiger partial charge in [0.15, 0.2) is 0 Å². The van der Waals surface area contributed by atoms with Gasteiger partial charge in [0, 0.05) is 10.2 Å². The van der Waals surface area contributed by atoms with Crippen molar-refractivity contribution in [2.45, 2.75) is 11.8 Å². The number of sulfonamides is 1. The van der Waals surface area contributed by atoms with Crippen LogP contribution in [0.5, 0.6) is 0 Å². The summed E-state index contributed by atoms with van der Waals surface area (Å²) in [7, 11) is -3.51. The van der Waals surface area contributed by atoms with Gasteiger partial charge in [0.2, 0.25) is 0 Å². The molecule has 2 rings (SSSR count). The van der Waals surface area contributed by atoms with E-state index in [-0.39, 0.29) is 4.90 Å². The molecule has 0 atom stereocenters. The van der Waals surface area contributed by atoms with Crippen molar-refractivity contribution in [3.8, 4) is 0 Å². The van der Waals surface area contributed by atoms with Gasteiger partial charge >= 0.3 is 0 Å². The molecule has 0 bridgehead atoms. The fourth-order valence-corrected chi connectivity index (χ4v) is 2.92. The summed E-state index contributed by atoms with van der Waals surface area (Å²) >= 11 is 3.38. The van der Waals surface area contributed by atoms with Crippen molar-refractivity contribution in [1.29, 1.82) is 0 Å². The largest absolute Gasteiger partial charge is 0.280 e. The number of anilines is 1. The average molecular weight is 326 g/mol. The molecule has 1 N–H and O–H groups in total. The molecular weight excluding hydrogens is 314 g/mol. The Labute approximate surface area is 115 Å². The topological polar surface area (TPSA) is 46.2 Å². The molecule has 0 radical (unpaired) electrons. The van der Waals surface area contributed by atoms with Crippen LogP contribution < -0.4 is 4.72 Å². The summed E-state index contributed by atoms with van der Waals surface area (Å²) in [5, 5.41) is 0. The van der Waals surface area contributed by atoms with Crippen LogP contribution in [0.4, 0.5) is 5.69 Å². The smallest absolute Gasteiger partial charge is 0.261 e. The summed E-state index contributed by atoms with van der Waals surface area (Å²) < 4.78 is 27.6. The maximum atomic E-state index is 12.1. The lowest BCUT2D eigenvalue weighted by Crippen LogP contribution is -2.12. The van der Waals surface area contributed by atoms with E-state index in [9.17, 15) is 8.42 Å². The van der Waals surface area contributed by atoms with Crippen LogP contribution in [0.1, 0.15) is 5.56 Å².